The number of carbonyl (C=O) groups excluding carboxylic acids is 2. The van der Waals surface area contributed by atoms with Gasteiger partial charge in [0.25, 0.3) is 0 Å². The van der Waals surface area contributed by atoms with Gasteiger partial charge in [-0.1, -0.05) is 35.9 Å². The molecule has 0 atom stereocenters. The van der Waals surface area contributed by atoms with Gasteiger partial charge in [-0.2, -0.15) is 0 Å². The molecule has 0 saturated heterocycles. The van der Waals surface area contributed by atoms with Gasteiger partial charge in [0.1, 0.15) is 5.75 Å². The molecular formula is C16H13ClO3. The number of hydrogen-bond acceptors (Lipinski definition) is 3. The smallest absolute Gasteiger partial charge is 0.201 e. The lowest BCUT2D eigenvalue weighted by molar-refractivity contribution is 0.0921. The average Bonchev–Trinajstić information content (AvgIpc) is 2.45. The summed E-state index contributed by atoms with van der Waals surface area (Å²) in [4.78, 5) is 23.2. The van der Waals surface area contributed by atoms with Crippen molar-refractivity contribution in [3.05, 3.63) is 64.7 Å². The molecule has 0 aliphatic heterocycles. The second kappa shape index (κ2) is 6.35. The summed E-state index contributed by atoms with van der Waals surface area (Å²) in [7, 11) is 0. The third-order valence-corrected chi connectivity index (χ3v) is 3.11. The minimum Gasteiger partial charge on any atom is -0.485 e. The first-order valence-electron chi connectivity index (χ1n) is 6.09. The van der Waals surface area contributed by atoms with Gasteiger partial charge in [0.15, 0.2) is 12.4 Å². The molecule has 0 fully saturated rings. The van der Waals surface area contributed by atoms with Gasteiger partial charge >= 0.3 is 0 Å². The van der Waals surface area contributed by atoms with Gasteiger partial charge in [0.2, 0.25) is 5.78 Å². The zero-order valence-corrected chi connectivity index (χ0v) is 11.7. The highest BCUT2D eigenvalue weighted by Crippen LogP contribution is 2.17. The highest BCUT2D eigenvalue weighted by molar-refractivity contribution is 6.34. The Labute approximate surface area is 122 Å². The topological polar surface area (TPSA) is 43.4 Å². The third kappa shape index (κ3) is 3.45. The van der Waals surface area contributed by atoms with Crippen molar-refractivity contribution in [1.82, 2.24) is 0 Å². The second-order valence-corrected chi connectivity index (χ2v) is 4.68. The van der Waals surface area contributed by atoms with E-state index in [0.717, 1.165) is 0 Å². The summed E-state index contributed by atoms with van der Waals surface area (Å²) in [5.41, 5.74) is 0.976. The van der Waals surface area contributed by atoms with Crippen LogP contribution >= 0.6 is 11.6 Å². The Kier molecular flexibility index (Phi) is 4.53. The third-order valence-electron chi connectivity index (χ3n) is 2.78. The van der Waals surface area contributed by atoms with Crippen LogP contribution in [0, 0.1) is 0 Å². The monoisotopic (exact) mass is 288 g/mol. The average molecular weight is 289 g/mol. The van der Waals surface area contributed by atoms with Crippen LogP contribution in [0.2, 0.25) is 5.02 Å². The molecule has 0 amide bonds. The molecular weight excluding hydrogens is 276 g/mol. The molecule has 2 aromatic rings. The number of ether oxygens (including phenoxy) is 1. The van der Waals surface area contributed by atoms with Crippen molar-refractivity contribution < 1.29 is 14.3 Å². The van der Waals surface area contributed by atoms with Crippen LogP contribution in [0.5, 0.6) is 5.75 Å². The van der Waals surface area contributed by atoms with Gasteiger partial charge in [-0.05, 0) is 31.2 Å². The van der Waals surface area contributed by atoms with E-state index < -0.39 is 0 Å². The predicted octanol–water partition coefficient (Wildman–Crippen LogP) is 3.80. The quantitative estimate of drug-likeness (QED) is 0.786. The molecule has 0 unspecified atom stereocenters. The molecule has 0 saturated carbocycles. The van der Waals surface area contributed by atoms with E-state index in [1.165, 1.54) is 6.92 Å². The summed E-state index contributed by atoms with van der Waals surface area (Å²) in [6, 6.07) is 13.5. The van der Waals surface area contributed by atoms with Crippen molar-refractivity contribution in [3.63, 3.8) is 0 Å². The summed E-state index contributed by atoms with van der Waals surface area (Å²) < 4.78 is 5.41. The van der Waals surface area contributed by atoms with Gasteiger partial charge in [0.05, 0.1) is 5.02 Å². The molecule has 2 aromatic carbocycles. The van der Waals surface area contributed by atoms with E-state index in [2.05, 4.69) is 0 Å². The lowest BCUT2D eigenvalue weighted by Gasteiger charge is -2.07. The Morgan fingerprint density at radius 2 is 1.85 bits per heavy atom. The fraction of sp³-hybridized carbons (Fsp3) is 0.125. The summed E-state index contributed by atoms with van der Waals surface area (Å²) in [5.74, 6) is 0.231. The van der Waals surface area contributed by atoms with Crippen molar-refractivity contribution in [2.45, 2.75) is 6.92 Å². The molecule has 102 valence electrons. The minimum absolute atomic E-state index is 0.0483. The molecule has 0 aliphatic rings. The maximum Gasteiger partial charge on any atom is 0.201 e. The lowest BCUT2D eigenvalue weighted by Crippen LogP contribution is -2.12. The predicted molar refractivity (Wildman–Crippen MR) is 77.7 cm³/mol. The van der Waals surface area contributed by atoms with E-state index in [1.54, 1.807) is 48.5 Å². The Morgan fingerprint density at radius 1 is 1.10 bits per heavy atom. The Balaban J connectivity index is 2.06. The largest absolute Gasteiger partial charge is 0.485 e. The summed E-state index contributed by atoms with van der Waals surface area (Å²) in [6.45, 7) is 1.36. The van der Waals surface area contributed by atoms with Crippen molar-refractivity contribution in [2.75, 3.05) is 6.61 Å². The first-order chi connectivity index (χ1) is 9.58. The van der Waals surface area contributed by atoms with Gasteiger partial charge in [-0.3, -0.25) is 9.59 Å². The van der Waals surface area contributed by atoms with E-state index in [-0.39, 0.29) is 18.2 Å². The van der Waals surface area contributed by atoms with E-state index in [1.807, 2.05) is 0 Å². The van der Waals surface area contributed by atoms with Gasteiger partial charge in [0, 0.05) is 11.1 Å². The molecule has 0 aromatic heterocycles. The fourth-order valence-corrected chi connectivity index (χ4v) is 1.96. The molecule has 3 nitrogen and oxygen atoms in total. The van der Waals surface area contributed by atoms with Gasteiger partial charge in [-0.15, -0.1) is 0 Å². The zero-order valence-electron chi connectivity index (χ0n) is 10.9. The van der Waals surface area contributed by atoms with Crippen molar-refractivity contribution in [1.29, 1.82) is 0 Å². The van der Waals surface area contributed by atoms with E-state index in [0.29, 0.717) is 21.9 Å². The lowest BCUT2D eigenvalue weighted by atomic mass is 10.1. The first kappa shape index (κ1) is 14.3. The highest BCUT2D eigenvalue weighted by atomic mass is 35.5. The van der Waals surface area contributed by atoms with Crippen LogP contribution in [0.25, 0.3) is 0 Å². The van der Waals surface area contributed by atoms with Crippen molar-refractivity contribution in [2.24, 2.45) is 0 Å². The molecule has 0 heterocycles. The molecule has 2 rings (SSSR count). The number of Topliss-reactive ketones (excluding diaryl/α,β-unsaturated/α-hetero) is 2. The Bertz CT molecular complexity index is 650. The van der Waals surface area contributed by atoms with Crippen LogP contribution in [0.4, 0.5) is 0 Å². The number of benzene rings is 2. The summed E-state index contributed by atoms with van der Waals surface area (Å²) in [5, 5.41) is 0.401. The molecule has 0 bridgehead atoms. The Morgan fingerprint density at radius 3 is 2.55 bits per heavy atom. The van der Waals surface area contributed by atoms with Crippen LogP contribution in [-0.2, 0) is 0 Å². The maximum atomic E-state index is 12.0. The molecule has 4 heteroatoms. The Hall–Kier alpha value is -2.13. The summed E-state index contributed by atoms with van der Waals surface area (Å²) in [6.07, 6.45) is 0. The first-order valence-corrected chi connectivity index (χ1v) is 6.47. The van der Waals surface area contributed by atoms with Crippen molar-refractivity contribution >= 4 is 23.2 Å². The number of carbonyl (C=O) groups is 2. The van der Waals surface area contributed by atoms with Crippen LogP contribution in [0.1, 0.15) is 27.6 Å². The standard InChI is InChI=1S/C16H13ClO3/c1-11(18)12-5-4-6-13(9-12)20-10-16(19)14-7-2-3-8-15(14)17/h2-9H,10H2,1H3. The van der Waals surface area contributed by atoms with E-state index >= 15 is 0 Å². The minimum atomic E-state index is -0.205. The number of hydrogen-bond donors (Lipinski definition) is 0. The zero-order chi connectivity index (χ0) is 14.5. The van der Waals surface area contributed by atoms with Crippen LogP contribution in [0.15, 0.2) is 48.5 Å². The van der Waals surface area contributed by atoms with Crippen LogP contribution in [-0.4, -0.2) is 18.2 Å². The van der Waals surface area contributed by atoms with Gasteiger partial charge in [-0.25, -0.2) is 0 Å². The normalized spacial score (nSPS) is 10.1. The van der Waals surface area contributed by atoms with Crippen LogP contribution in [0.3, 0.4) is 0 Å². The fourth-order valence-electron chi connectivity index (χ4n) is 1.72. The van der Waals surface area contributed by atoms with E-state index in [9.17, 15) is 9.59 Å². The van der Waals surface area contributed by atoms with E-state index in [4.69, 9.17) is 16.3 Å². The molecule has 0 N–H and O–H groups in total. The number of ketones is 2. The second-order valence-electron chi connectivity index (χ2n) is 4.28. The molecule has 0 aliphatic carbocycles. The SMILES string of the molecule is CC(=O)c1cccc(OCC(=O)c2ccccc2Cl)c1. The molecule has 0 spiro atoms. The number of rotatable bonds is 5. The van der Waals surface area contributed by atoms with Crippen LogP contribution < -0.4 is 4.74 Å². The van der Waals surface area contributed by atoms with Crippen molar-refractivity contribution in [3.8, 4) is 5.75 Å². The number of halogens is 1. The van der Waals surface area contributed by atoms with Gasteiger partial charge < -0.3 is 4.74 Å². The molecule has 0 radical (unpaired) electrons. The molecule has 20 heavy (non-hydrogen) atoms. The highest BCUT2D eigenvalue weighted by Gasteiger charge is 2.10. The summed E-state index contributed by atoms with van der Waals surface area (Å²) >= 11 is 5.95. The maximum absolute atomic E-state index is 12.0.